The highest BCUT2D eigenvalue weighted by atomic mass is 19.1. The predicted octanol–water partition coefficient (Wildman–Crippen LogP) is 5.21. The topological polar surface area (TPSA) is 96.0 Å². The van der Waals surface area contributed by atoms with Gasteiger partial charge in [0.2, 0.25) is 0 Å². The Bertz CT molecular complexity index is 1580. The molecular formula is C32H32F2N2O6. The van der Waals surface area contributed by atoms with Gasteiger partial charge in [0.1, 0.15) is 34.7 Å². The standard InChI is InChI=1S/C32H32F2N2O6/c1-18-9-11-21-20(17-25(32(38)42-5)36-31(37)29-23(33)7-6-8-24(29)34)10-12-22(30(21)35-18)28-26(40-3)15-19(13-14-39-2)16-27(28)41-4/h6-12,15-16,25H,13-14,17H2,1-5H3,(H,36,37)/t25-/m0/s1. The zero-order valence-corrected chi connectivity index (χ0v) is 24.0. The highest BCUT2D eigenvalue weighted by Gasteiger charge is 2.27. The fraction of sp³-hybridized carbons (Fsp3) is 0.281. The van der Waals surface area contributed by atoms with Crippen molar-refractivity contribution in [2.75, 3.05) is 35.0 Å². The number of halogens is 2. The fourth-order valence-electron chi connectivity index (χ4n) is 4.85. The van der Waals surface area contributed by atoms with Crippen LogP contribution in [0.5, 0.6) is 11.5 Å². The van der Waals surface area contributed by atoms with Crippen molar-refractivity contribution >= 4 is 22.8 Å². The summed E-state index contributed by atoms with van der Waals surface area (Å²) in [7, 11) is 5.97. The summed E-state index contributed by atoms with van der Waals surface area (Å²) in [6, 6.07) is 13.1. The number of nitrogens with zero attached hydrogens (tertiary/aromatic N) is 1. The van der Waals surface area contributed by atoms with Crippen molar-refractivity contribution in [3.8, 4) is 22.6 Å². The number of rotatable bonds is 11. The summed E-state index contributed by atoms with van der Waals surface area (Å²) in [6.07, 6.45) is 0.637. The summed E-state index contributed by atoms with van der Waals surface area (Å²) in [5.41, 5.74) is 3.65. The van der Waals surface area contributed by atoms with Crippen LogP contribution >= 0.6 is 0 Å². The molecule has 0 bridgehead atoms. The molecule has 1 atom stereocenters. The van der Waals surface area contributed by atoms with Crippen LogP contribution < -0.4 is 14.8 Å². The summed E-state index contributed by atoms with van der Waals surface area (Å²) >= 11 is 0. The number of benzene rings is 3. The van der Waals surface area contributed by atoms with E-state index in [0.29, 0.717) is 46.6 Å². The molecule has 0 aliphatic rings. The Balaban J connectivity index is 1.80. The molecule has 10 heteroatoms. The molecule has 0 unspecified atom stereocenters. The molecule has 8 nitrogen and oxygen atoms in total. The van der Waals surface area contributed by atoms with Gasteiger partial charge < -0.3 is 24.3 Å². The number of hydrogen-bond donors (Lipinski definition) is 1. The highest BCUT2D eigenvalue weighted by molar-refractivity contribution is 6.00. The SMILES string of the molecule is COCCc1cc(OC)c(-c2ccc(C[C@H](NC(=O)c3c(F)cccc3F)C(=O)OC)c3ccc(C)nc23)c(OC)c1. The second-order valence-corrected chi connectivity index (χ2v) is 9.59. The maximum Gasteiger partial charge on any atom is 0.328 e. The number of nitrogens with one attached hydrogen (secondary N) is 1. The normalized spacial score (nSPS) is 11.7. The van der Waals surface area contributed by atoms with E-state index < -0.39 is 35.1 Å². The number of fused-ring (bicyclic) bond motifs is 1. The first kappa shape index (κ1) is 30.4. The quantitative estimate of drug-likeness (QED) is 0.244. The van der Waals surface area contributed by atoms with Crippen molar-refractivity contribution < 1.29 is 37.3 Å². The number of esters is 1. The van der Waals surface area contributed by atoms with Gasteiger partial charge in [0, 0.05) is 30.2 Å². The zero-order valence-electron chi connectivity index (χ0n) is 24.0. The molecule has 0 aliphatic heterocycles. The van der Waals surface area contributed by atoms with Crippen molar-refractivity contribution in [2.45, 2.75) is 25.8 Å². The van der Waals surface area contributed by atoms with Gasteiger partial charge in [-0.2, -0.15) is 0 Å². The Hall–Kier alpha value is -4.57. The Morgan fingerprint density at radius 3 is 2.19 bits per heavy atom. The van der Waals surface area contributed by atoms with Gasteiger partial charge in [0.05, 0.1) is 39.0 Å². The minimum absolute atomic E-state index is 0.0275. The van der Waals surface area contributed by atoms with E-state index in [1.165, 1.54) is 7.11 Å². The summed E-state index contributed by atoms with van der Waals surface area (Å²) in [6.45, 7) is 2.39. The smallest absolute Gasteiger partial charge is 0.328 e. The van der Waals surface area contributed by atoms with E-state index in [1.54, 1.807) is 27.4 Å². The first-order chi connectivity index (χ1) is 20.2. The lowest BCUT2D eigenvalue weighted by molar-refractivity contribution is -0.142. The maximum atomic E-state index is 14.3. The summed E-state index contributed by atoms with van der Waals surface area (Å²) in [5.74, 6) is -2.75. The van der Waals surface area contributed by atoms with Gasteiger partial charge in [-0.3, -0.25) is 9.78 Å². The molecule has 0 saturated heterocycles. The Kier molecular flexibility index (Phi) is 9.69. The van der Waals surface area contributed by atoms with Gasteiger partial charge in [-0.25, -0.2) is 13.6 Å². The molecule has 4 rings (SSSR count). The van der Waals surface area contributed by atoms with E-state index in [1.807, 2.05) is 37.3 Å². The molecule has 4 aromatic rings. The third kappa shape index (κ3) is 6.33. The molecule has 1 heterocycles. The minimum atomic E-state index is -1.24. The average Bonchev–Trinajstić information content (AvgIpc) is 2.98. The average molecular weight is 579 g/mol. The van der Waals surface area contributed by atoms with Gasteiger partial charge in [-0.05, 0) is 54.8 Å². The van der Waals surface area contributed by atoms with Gasteiger partial charge in [0.15, 0.2) is 0 Å². The van der Waals surface area contributed by atoms with Crippen molar-refractivity contribution in [2.24, 2.45) is 0 Å². The number of ether oxygens (including phenoxy) is 4. The van der Waals surface area contributed by atoms with Crippen molar-refractivity contribution in [3.05, 3.63) is 88.6 Å². The molecular weight excluding hydrogens is 546 g/mol. The second-order valence-electron chi connectivity index (χ2n) is 9.59. The highest BCUT2D eigenvalue weighted by Crippen LogP contribution is 2.43. The van der Waals surface area contributed by atoms with Crippen LogP contribution in [0.25, 0.3) is 22.0 Å². The molecule has 1 aromatic heterocycles. The molecule has 1 amide bonds. The summed E-state index contributed by atoms with van der Waals surface area (Å²) < 4.78 is 50.2. The minimum Gasteiger partial charge on any atom is -0.496 e. The van der Waals surface area contributed by atoms with Crippen molar-refractivity contribution in [1.29, 1.82) is 0 Å². The van der Waals surface area contributed by atoms with Crippen LogP contribution in [0.4, 0.5) is 8.78 Å². The van der Waals surface area contributed by atoms with E-state index in [9.17, 15) is 18.4 Å². The molecule has 0 fully saturated rings. The Morgan fingerprint density at radius 2 is 1.60 bits per heavy atom. The van der Waals surface area contributed by atoms with Crippen molar-refractivity contribution in [3.63, 3.8) is 0 Å². The zero-order chi connectivity index (χ0) is 30.4. The molecule has 0 aliphatic carbocycles. The molecule has 1 N–H and O–H groups in total. The number of aromatic nitrogens is 1. The fourth-order valence-corrected chi connectivity index (χ4v) is 4.85. The third-order valence-corrected chi connectivity index (χ3v) is 6.92. The Labute approximate surface area is 242 Å². The largest absolute Gasteiger partial charge is 0.496 e. The number of carbonyl (C=O) groups excluding carboxylic acids is 2. The van der Waals surface area contributed by atoms with Gasteiger partial charge in [0.25, 0.3) is 5.91 Å². The van der Waals surface area contributed by atoms with Gasteiger partial charge in [-0.1, -0.05) is 24.3 Å². The van der Waals surface area contributed by atoms with Crippen LogP contribution in [-0.4, -0.2) is 57.9 Å². The van der Waals surface area contributed by atoms with Crippen LogP contribution in [0.1, 0.15) is 27.2 Å². The molecule has 3 aromatic carbocycles. The van der Waals surface area contributed by atoms with E-state index >= 15 is 0 Å². The molecule has 0 saturated carbocycles. The number of hydrogen-bond acceptors (Lipinski definition) is 7. The maximum absolute atomic E-state index is 14.3. The molecule has 0 radical (unpaired) electrons. The number of amides is 1. The third-order valence-electron chi connectivity index (χ3n) is 6.92. The first-order valence-electron chi connectivity index (χ1n) is 13.2. The monoisotopic (exact) mass is 578 g/mol. The van der Waals surface area contributed by atoms with Crippen molar-refractivity contribution in [1.82, 2.24) is 10.3 Å². The van der Waals surface area contributed by atoms with Crippen LogP contribution in [-0.2, 0) is 27.1 Å². The van der Waals surface area contributed by atoms with Gasteiger partial charge >= 0.3 is 5.97 Å². The predicted molar refractivity (Wildman–Crippen MR) is 154 cm³/mol. The lowest BCUT2D eigenvalue weighted by Crippen LogP contribution is -2.43. The van der Waals surface area contributed by atoms with E-state index in [4.69, 9.17) is 23.9 Å². The van der Waals surface area contributed by atoms with E-state index in [2.05, 4.69) is 5.32 Å². The first-order valence-corrected chi connectivity index (χ1v) is 13.2. The number of aryl methyl sites for hydroxylation is 1. The molecule has 220 valence electrons. The number of carbonyl (C=O) groups is 2. The van der Waals surface area contributed by atoms with E-state index in [-0.39, 0.29) is 6.42 Å². The van der Waals surface area contributed by atoms with E-state index in [0.717, 1.165) is 35.0 Å². The number of pyridine rings is 1. The van der Waals surface area contributed by atoms with Crippen LogP contribution in [0.2, 0.25) is 0 Å². The van der Waals surface area contributed by atoms with Gasteiger partial charge in [-0.15, -0.1) is 0 Å². The van der Waals surface area contributed by atoms with Crippen LogP contribution in [0, 0.1) is 18.6 Å². The summed E-state index contributed by atoms with van der Waals surface area (Å²) in [5, 5.41) is 3.13. The number of methoxy groups -OCH3 is 4. The molecule has 42 heavy (non-hydrogen) atoms. The Morgan fingerprint density at radius 1 is 0.929 bits per heavy atom. The second kappa shape index (κ2) is 13.4. The van der Waals surface area contributed by atoms with Crippen LogP contribution in [0.3, 0.4) is 0 Å². The van der Waals surface area contributed by atoms with Crippen LogP contribution in [0.15, 0.2) is 54.6 Å². The lowest BCUT2D eigenvalue weighted by atomic mass is 9.93. The lowest BCUT2D eigenvalue weighted by Gasteiger charge is -2.20. The molecule has 0 spiro atoms. The summed E-state index contributed by atoms with van der Waals surface area (Å²) in [4.78, 5) is 30.4.